The van der Waals surface area contributed by atoms with Gasteiger partial charge in [0.2, 0.25) is 0 Å². The molecule has 1 aromatic rings. The molecule has 4 atom stereocenters. The van der Waals surface area contributed by atoms with Gasteiger partial charge in [-0.25, -0.2) is 14.8 Å². The molecule has 2 aliphatic rings. The van der Waals surface area contributed by atoms with E-state index in [-0.39, 0.29) is 35.3 Å². The molecule has 1 aliphatic carbocycles. The van der Waals surface area contributed by atoms with Gasteiger partial charge in [0.25, 0.3) is 0 Å². The highest BCUT2D eigenvalue weighted by Crippen LogP contribution is 2.40. The Kier molecular flexibility index (Phi) is 5.01. The van der Waals surface area contributed by atoms with Crippen molar-refractivity contribution in [3.05, 3.63) is 30.2 Å². The van der Waals surface area contributed by atoms with Crippen molar-refractivity contribution in [3.8, 4) is 0 Å². The lowest BCUT2D eigenvalue weighted by Crippen LogP contribution is -2.37. The van der Waals surface area contributed by atoms with E-state index in [2.05, 4.69) is 38.7 Å². The summed E-state index contributed by atoms with van der Waals surface area (Å²) < 4.78 is 9.92. The van der Waals surface area contributed by atoms with Crippen LogP contribution in [0.3, 0.4) is 0 Å². The van der Waals surface area contributed by atoms with E-state index >= 15 is 0 Å². The molecule has 0 amide bonds. The normalized spacial score (nSPS) is 27.7. The molecule has 0 spiro atoms. The maximum atomic E-state index is 12.4. The highest BCUT2D eigenvalue weighted by Gasteiger charge is 2.45. The van der Waals surface area contributed by atoms with Gasteiger partial charge < -0.3 is 14.4 Å². The van der Waals surface area contributed by atoms with Crippen LogP contribution in [0.1, 0.15) is 24.3 Å². The number of carbonyl (C=O) groups excluding carboxylic acids is 2. The molecule has 25 heavy (non-hydrogen) atoms. The Morgan fingerprint density at radius 3 is 2.68 bits per heavy atom. The Labute approximate surface area is 147 Å². The third kappa shape index (κ3) is 3.36. The van der Waals surface area contributed by atoms with Gasteiger partial charge in [0.05, 0.1) is 32.0 Å². The number of nitrogens with zero attached hydrogens (tertiary/aromatic N) is 3. The average Bonchev–Trinajstić information content (AvgIpc) is 3.05. The van der Waals surface area contributed by atoms with Gasteiger partial charge in [0.15, 0.2) is 5.69 Å². The van der Waals surface area contributed by atoms with Crippen LogP contribution >= 0.6 is 0 Å². The van der Waals surface area contributed by atoms with Gasteiger partial charge in [-0.15, -0.1) is 0 Å². The summed E-state index contributed by atoms with van der Waals surface area (Å²) in [6.07, 6.45) is 7.31. The largest absolute Gasteiger partial charge is 0.466 e. The first-order valence-corrected chi connectivity index (χ1v) is 8.55. The standard InChI is InChI=1S/C18H23N3O4/c1-4-25-18(23)16-11(2)5-6-12-9-21(10-13(12)16)15-8-19-14(7-20-15)17(22)24-3/h5-8,11-13,16H,4,9-10H2,1-3H3/t11-,12-,13-,16-/m0/s1. The molecule has 0 aromatic carbocycles. The minimum absolute atomic E-state index is 0.122. The zero-order chi connectivity index (χ0) is 18.0. The predicted molar refractivity (Wildman–Crippen MR) is 91.0 cm³/mol. The number of anilines is 1. The summed E-state index contributed by atoms with van der Waals surface area (Å²) in [7, 11) is 1.31. The molecule has 1 fully saturated rings. The van der Waals surface area contributed by atoms with E-state index in [1.165, 1.54) is 13.3 Å². The number of rotatable bonds is 4. The minimum atomic E-state index is -0.506. The SMILES string of the molecule is CCOC(=O)[C@@H]1[C@H]2CN(c3cnc(C(=O)OC)cn3)C[C@@H]2C=C[C@@H]1C. The quantitative estimate of drug-likeness (QED) is 0.607. The number of aromatic nitrogens is 2. The van der Waals surface area contributed by atoms with Crippen molar-refractivity contribution in [1.82, 2.24) is 9.97 Å². The fourth-order valence-electron chi connectivity index (χ4n) is 3.77. The third-order valence-electron chi connectivity index (χ3n) is 5.02. The molecule has 0 unspecified atom stereocenters. The second kappa shape index (κ2) is 7.21. The van der Waals surface area contributed by atoms with Crippen LogP contribution in [0, 0.1) is 23.7 Å². The smallest absolute Gasteiger partial charge is 0.358 e. The number of ether oxygens (including phenoxy) is 2. The lowest BCUT2D eigenvalue weighted by Gasteiger charge is -2.31. The lowest BCUT2D eigenvalue weighted by atomic mass is 9.72. The Morgan fingerprint density at radius 2 is 2.04 bits per heavy atom. The second-order valence-electron chi connectivity index (χ2n) is 6.51. The van der Waals surface area contributed by atoms with Crippen LogP contribution in [0.2, 0.25) is 0 Å². The number of carbonyl (C=O) groups is 2. The summed E-state index contributed by atoms with van der Waals surface area (Å²) in [6, 6.07) is 0. The number of methoxy groups -OCH3 is 1. The lowest BCUT2D eigenvalue weighted by molar-refractivity contribution is -0.151. The first-order valence-electron chi connectivity index (χ1n) is 8.55. The van der Waals surface area contributed by atoms with Crippen molar-refractivity contribution in [1.29, 1.82) is 0 Å². The van der Waals surface area contributed by atoms with Gasteiger partial charge in [-0.1, -0.05) is 19.1 Å². The summed E-state index contributed by atoms with van der Waals surface area (Å²) >= 11 is 0. The number of hydrogen-bond donors (Lipinski definition) is 0. The molecule has 0 radical (unpaired) electrons. The van der Waals surface area contributed by atoms with Crippen LogP contribution < -0.4 is 4.90 Å². The van der Waals surface area contributed by atoms with E-state index < -0.39 is 5.97 Å². The van der Waals surface area contributed by atoms with Crippen molar-refractivity contribution >= 4 is 17.8 Å². The highest BCUT2D eigenvalue weighted by molar-refractivity contribution is 5.86. The molecular formula is C18H23N3O4. The topological polar surface area (TPSA) is 81.6 Å². The zero-order valence-electron chi connectivity index (χ0n) is 14.7. The van der Waals surface area contributed by atoms with Gasteiger partial charge in [-0.05, 0) is 24.7 Å². The summed E-state index contributed by atoms with van der Waals surface area (Å²) in [4.78, 5) is 34.4. The number of hydrogen-bond acceptors (Lipinski definition) is 7. The maximum absolute atomic E-state index is 12.4. The molecule has 7 heteroatoms. The van der Waals surface area contributed by atoms with Crippen LogP contribution in [0.25, 0.3) is 0 Å². The highest BCUT2D eigenvalue weighted by atomic mass is 16.5. The average molecular weight is 345 g/mol. The molecule has 7 nitrogen and oxygen atoms in total. The van der Waals surface area contributed by atoms with Gasteiger partial charge >= 0.3 is 11.9 Å². The number of allylic oxidation sites excluding steroid dienone is 1. The molecule has 1 aromatic heterocycles. The van der Waals surface area contributed by atoms with E-state index in [0.717, 1.165) is 13.1 Å². The minimum Gasteiger partial charge on any atom is -0.466 e. The monoisotopic (exact) mass is 345 g/mol. The van der Waals surface area contributed by atoms with E-state index in [9.17, 15) is 9.59 Å². The molecule has 0 saturated carbocycles. The summed E-state index contributed by atoms with van der Waals surface area (Å²) in [5.41, 5.74) is 0.181. The van der Waals surface area contributed by atoms with Crippen molar-refractivity contribution < 1.29 is 19.1 Å². The van der Waals surface area contributed by atoms with Crippen LogP contribution in [0.5, 0.6) is 0 Å². The zero-order valence-corrected chi connectivity index (χ0v) is 14.7. The molecule has 1 aliphatic heterocycles. The molecule has 134 valence electrons. The molecule has 1 saturated heterocycles. The van der Waals surface area contributed by atoms with Gasteiger partial charge in [0.1, 0.15) is 5.82 Å². The van der Waals surface area contributed by atoms with Gasteiger partial charge in [0, 0.05) is 13.1 Å². The van der Waals surface area contributed by atoms with Gasteiger partial charge in [-0.2, -0.15) is 0 Å². The van der Waals surface area contributed by atoms with Crippen molar-refractivity contribution in [3.63, 3.8) is 0 Å². The Hall–Kier alpha value is -2.44. The van der Waals surface area contributed by atoms with Crippen LogP contribution in [-0.2, 0) is 14.3 Å². The number of fused-ring (bicyclic) bond motifs is 1. The first-order chi connectivity index (χ1) is 12.0. The van der Waals surface area contributed by atoms with Crippen LogP contribution in [0.15, 0.2) is 24.5 Å². The van der Waals surface area contributed by atoms with Crippen molar-refractivity contribution in [2.75, 3.05) is 31.7 Å². The van der Waals surface area contributed by atoms with Crippen molar-refractivity contribution in [2.24, 2.45) is 23.7 Å². The van der Waals surface area contributed by atoms with Crippen LogP contribution in [0.4, 0.5) is 5.82 Å². The van der Waals surface area contributed by atoms with E-state index in [1.54, 1.807) is 6.20 Å². The van der Waals surface area contributed by atoms with E-state index in [0.29, 0.717) is 12.4 Å². The maximum Gasteiger partial charge on any atom is 0.358 e. The molecule has 0 N–H and O–H groups in total. The van der Waals surface area contributed by atoms with E-state index in [1.807, 2.05) is 6.92 Å². The molecule has 0 bridgehead atoms. The van der Waals surface area contributed by atoms with Gasteiger partial charge in [-0.3, -0.25) is 4.79 Å². The fraction of sp³-hybridized carbons (Fsp3) is 0.556. The summed E-state index contributed by atoms with van der Waals surface area (Å²) in [5.74, 6) is 0.575. The molecule has 3 rings (SSSR count). The Morgan fingerprint density at radius 1 is 1.24 bits per heavy atom. The molecular weight excluding hydrogens is 322 g/mol. The Bertz CT molecular complexity index is 673. The Balaban J connectivity index is 1.76. The number of esters is 2. The first kappa shape index (κ1) is 17.4. The summed E-state index contributed by atoms with van der Waals surface area (Å²) in [5, 5.41) is 0. The van der Waals surface area contributed by atoms with E-state index in [4.69, 9.17) is 4.74 Å². The summed E-state index contributed by atoms with van der Waals surface area (Å²) in [6.45, 7) is 5.78. The molecule has 2 heterocycles. The van der Waals surface area contributed by atoms with Crippen molar-refractivity contribution in [2.45, 2.75) is 13.8 Å². The third-order valence-corrected chi connectivity index (χ3v) is 5.02. The van der Waals surface area contributed by atoms with Crippen LogP contribution in [-0.4, -0.2) is 48.7 Å². The predicted octanol–water partition coefficient (Wildman–Crippen LogP) is 1.70. The second-order valence-corrected chi connectivity index (χ2v) is 6.51. The fourth-order valence-corrected chi connectivity index (χ4v) is 3.77.